The van der Waals surface area contributed by atoms with E-state index in [-0.39, 0.29) is 18.2 Å². The molecule has 1 aromatic heterocycles. The van der Waals surface area contributed by atoms with Gasteiger partial charge in [0.05, 0.1) is 12.6 Å². The van der Waals surface area contributed by atoms with E-state index in [4.69, 9.17) is 21.1 Å². The van der Waals surface area contributed by atoms with E-state index in [1.54, 1.807) is 42.0 Å². The van der Waals surface area contributed by atoms with E-state index in [2.05, 4.69) is 17.2 Å². The molecule has 0 saturated heterocycles. The van der Waals surface area contributed by atoms with Crippen molar-refractivity contribution in [3.8, 4) is 17.4 Å². The van der Waals surface area contributed by atoms with Gasteiger partial charge in [-0.2, -0.15) is 0 Å². The van der Waals surface area contributed by atoms with Gasteiger partial charge >= 0.3 is 5.91 Å². The monoisotopic (exact) mass is 429 g/mol. The van der Waals surface area contributed by atoms with Gasteiger partial charge in [-0.15, -0.1) is 10.2 Å². The first kappa shape index (κ1) is 21.6. The van der Waals surface area contributed by atoms with Crippen molar-refractivity contribution in [2.45, 2.75) is 32.7 Å². The Labute approximate surface area is 179 Å². The Kier molecular flexibility index (Phi) is 7.30. The standard InChI is InChI=1S/C22H24ClN3O4/c1-3-4-5-12-26-19-11-10-17(29-2)13-18(19)21(22(26)28)25-24-20(27)14-30-16-8-6-15(23)7-9-16/h6-11,13,28H,3-5,12,14H2,1-2H3. The molecule has 3 rings (SSSR count). The molecule has 1 N–H and O–H groups in total. The molecular formula is C22H24ClN3O4. The molecule has 0 aliphatic carbocycles. The first-order chi connectivity index (χ1) is 14.5. The molecule has 2 aromatic carbocycles. The highest BCUT2D eigenvalue weighted by atomic mass is 35.5. The van der Waals surface area contributed by atoms with Crippen LogP contribution in [-0.4, -0.2) is 29.3 Å². The number of amides is 1. The number of nitrogens with zero attached hydrogens (tertiary/aromatic N) is 3. The number of methoxy groups -OCH3 is 1. The molecule has 158 valence electrons. The molecular weight excluding hydrogens is 406 g/mol. The van der Waals surface area contributed by atoms with E-state index in [0.29, 0.717) is 28.5 Å². The molecule has 0 bridgehead atoms. The SMILES string of the molecule is CCCCCn1c(O)c(N=NC(=O)COc2ccc(Cl)cc2)c2cc(OC)ccc21. The number of aromatic nitrogens is 1. The first-order valence-corrected chi connectivity index (χ1v) is 10.1. The van der Waals surface area contributed by atoms with Crippen LogP contribution in [0.15, 0.2) is 52.7 Å². The molecule has 1 heterocycles. The minimum absolute atomic E-state index is 0.0236. The lowest BCUT2D eigenvalue weighted by molar-refractivity contribution is -0.120. The quantitative estimate of drug-likeness (QED) is 0.339. The van der Waals surface area contributed by atoms with Crippen LogP contribution in [0, 0.1) is 0 Å². The van der Waals surface area contributed by atoms with Crippen LogP contribution in [0.3, 0.4) is 0 Å². The van der Waals surface area contributed by atoms with Gasteiger partial charge in [-0.25, -0.2) is 0 Å². The Bertz CT molecular complexity index is 1040. The predicted octanol–water partition coefficient (Wildman–Crippen LogP) is 5.89. The second-order valence-electron chi connectivity index (χ2n) is 6.75. The van der Waals surface area contributed by atoms with E-state index in [1.807, 2.05) is 12.1 Å². The number of hydrogen-bond donors (Lipinski definition) is 1. The molecule has 7 nitrogen and oxygen atoms in total. The second-order valence-corrected chi connectivity index (χ2v) is 7.19. The summed E-state index contributed by atoms with van der Waals surface area (Å²) in [6.45, 7) is 2.49. The predicted molar refractivity (Wildman–Crippen MR) is 116 cm³/mol. The molecule has 0 fully saturated rings. The summed E-state index contributed by atoms with van der Waals surface area (Å²) in [5, 5.41) is 19.7. The zero-order chi connectivity index (χ0) is 21.5. The fourth-order valence-corrected chi connectivity index (χ4v) is 3.21. The molecule has 30 heavy (non-hydrogen) atoms. The van der Waals surface area contributed by atoms with Crippen LogP contribution in [0.2, 0.25) is 5.02 Å². The fourth-order valence-electron chi connectivity index (χ4n) is 3.08. The number of carbonyl (C=O) groups is 1. The lowest BCUT2D eigenvalue weighted by Crippen LogP contribution is -2.07. The molecule has 3 aromatic rings. The van der Waals surface area contributed by atoms with Crippen molar-refractivity contribution < 1.29 is 19.4 Å². The molecule has 0 aliphatic heterocycles. The maximum atomic E-state index is 12.1. The van der Waals surface area contributed by atoms with E-state index >= 15 is 0 Å². The van der Waals surface area contributed by atoms with Crippen molar-refractivity contribution in [1.29, 1.82) is 0 Å². The second kappa shape index (κ2) is 10.1. The molecule has 0 atom stereocenters. The van der Waals surface area contributed by atoms with E-state index < -0.39 is 5.91 Å². The summed E-state index contributed by atoms with van der Waals surface area (Å²) in [7, 11) is 1.57. The lowest BCUT2D eigenvalue weighted by Gasteiger charge is -2.06. The number of aromatic hydroxyl groups is 1. The molecule has 0 spiro atoms. The van der Waals surface area contributed by atoms with Gasteiger partial charge in [0.25, 0.3) is 0 Å². The Balaban J connectivity index is 1.81. The molecule has 1 amide bonds. The van der Waals surface area contributed by atoms with Gasteiger partial charge in [-0.05, 0) is 48.9 Å². The van der Waals surface area contributed by atoms with Gasteiger partial charge in [0.2, 0.25) is 5.88 Å². The van der Waals surface area contributed by atoms with Gasteiger partial charge < -0.3 is 19.1 Å². The maximum absolute atomic E-state index is 12.1. The van der Waals surface area contributed by atoms with E-state index in [1.165, 1.54) is 0 Å². The van der Waals surface area contributed by atoms with Gasteiger partial charge in [-0.3, -0.25) is 4.79 Å². The van der Waals surface area contributed by atoms with Crippen molar-refractivity contribution in [3.63, 3.8) is 0 Å². The van der Waals surface area contributed by atoms with Crippen molar-refractivity contribution in [3.05, 3.63) is 47.5 Å². The summed E-state index contributed by atoms with van der Waals surface area (Å²) >= 11 is 5.83. The number of azo groups is 1. The number of aryl methyl sites for hydroxylation is 1. The number of unbranched alkanes of at least 4 members (excludes halogenated alkanes) is 2. The minimum Gasteiger partial charge on any atom is -0.497 e. The van der Waals surface area contributed by atoms with Crippen LogP contribution in [-0.2, 0) is 11.3 Å². The topological polar surface area (TPSA) is 85.4 Å². The third kappa shape index (κ3) is 5.10. The van der Waals surface area contributed by atoms with E-state index in [9.17, 15) is 9.90 Å². The summed E-state index contributed by atoms with van der Waals surface area (Å²) < 4.78 is 12.5. The Hall–Kier alpha value is -3.06. The summed E-state index contributed by atoms with van der Waals surface area (Å²) in [5.74, 6) is 0.536. The van der Waals surface area contributed by atoms with Crippen LogP contribution < -0.4 is 9.47 Å². The average molecular weight is 430 g/mol. The smallest absolute Gasteiger partial charge is 0.302 e. The van der Waals surface area contributed by atoms with Crippen molar-refractivity contribution in [1.82, 2.24) is 4.57 Å². The summed E-state index contributed by atoms with van der Waals surface area (Å²) in [6.07, 6.45) is 3.04. The zero-order valence-corrected chi connectivity index (χ0v) is 17.7. The summed E-state index contributed by atoms with van der Waals surface area (Å²) in [5.41, 5.74) is 1.04. The Morgan fingerprint density at radius 2 is 1.87 bits per heavy atom. The number of rotatable bonds is 9. The van der Waals surface area contributed by atoms with Gasteiger partial charge in [0.15, 0.2) is 12.3 Å². The largest absolute Gasteiger partial charge is 0.497 e. The highest BCUT2D eigenvalue weighted by Crippen LogP contribution is 2.40. The number of hydrogen-bond acceptors (Lipinski definition) is 5. The fraction of sp³-hybridized carbons (Fsp3) is 0.318. The van der Waals surface area contributed by atoms with Crippen molar-refractivity contribution in [2.24, 2.45) is 10.2 Å². The Morgan fingerprint density at radius 1 is 1.13 bits per heavy atom. The third-order valence-corrected chi connectivity index (χ3v) is 4.89. The third-order valence-electron chi connectivity index (χ3n) is 4.64. The first-order valence-electron chi connectivity index (χ1n) is 9.75. The number of ether oxygens (including phenoxy) is 2. The van der Waals surface area contributed by atoms with Crippen LogP contribution in [0.25, 0.3) is 10.9 Å². The number of benzene rings is 2. The van der Waals surface area contributed by atoms with Crippen molar-refractivity contribution >= 4 is 34.1 Å². The summed E-state index contributed by atoms with van der Waals surface area (Å²) in [6, 6.07) is 12.1. The normalized spacial score (nSPS) is 11.3. The van der Waals surface area contributed by atoms with Crippen LogP contribution in [0.5, 0.6) is 17.4 Å². The number of fused-ring (bicyclic) bond motifs is 1. The van der Waals surface area contributed by atoms with Gasteiger partial charge in [-0.1, -0.05) is 31.4 Å². The van der Waals surface area contributed by atoms with Crippen molar-refractivity contribution in [2.75, 3.05) is 13.7 Å². The number of halogens is 1. The van der Waals surface area contributed by atoms with Crippen LogP contribution >= 0.6 is 11.6 Å². The lowest BCUT2D eigenvalue weighted by atomic mass is 10.2. The van der Waals surface area contributed by atoms with Crippen LogP contribution in [0.4, 0.5) is 5.69 Å². The van der Waals surface area contributed by atoms with Gasteiger partial charge in [0.1, 0.15) is 11.5 Å². The highest BCUT2D eigenvalue weighted by molar-refractivity contribution is 6.30. The summed E-state index contributed by atoms with van der Waals surface area (Å²) in [4.78, 5) is 12.1. The molecule has 0 aliphatic rings. The highest BCUT2D eigenvalue weighted by Gasteiger charge is 2.17. The molecule has 8 heteroatoms. The average Bonchev–Trinajstić information content (AvgIpc) is 3.02. The molecule has 0 saturated carbocycles. The maximum Gasteiger partial charge on any atom is 0.302 e. The van der Waals surface area contributed by atoms with Gasteiger partial charge in [0, 0.05) is 17.0 Å². The number of carbonyl (C=O) groups excluding carboxylic acids is 1. The molecule has 0 unspecified atom stereocenters. The Morgan fingerprint density at radius 3 is 2.57 bits per heavy atom. The van der Waals surface area contributed by atoms with E-state index in [0.717, 1.165) is 24.8 Å². The zero-order valence-electron chi connectivity index (χ0n) is 17.0. The molecule has 0 radical (unpaired) electrons. The van der Waals surface area contributed by atoms with Crippen LogP contribution in [0.1, 0.15) is 26.2 Å². The minimum atomic E-state index is -0.570.